The summed E-state index contributed by atoms with van der Waals surface area (Å²) in [6.45, 7) is 3.62. The van der Waals surface area contributed by atoms with Crippen molar-refractivity contribution in [3.63, 3.8) is 0 Å². The summed E-state index contributed by atoms with van der Waals surface area (Å²) >= 11 is 0. The molecular weight excluding hydrogens is 280 g/mol. The quantitative estimate of drug-likeness (QED) is 0.457. The summed E-state index contributed by atoms with van der Waals surface area (Å²) in [5, 5.41) is 38.2. The molecule has 0 aliphatic heterocycles. The van der Waals surface area contributed by atoms with E-state index in [4.69, 9.17) is 5.11 Å². The van der Waals surface area contributed by atoms with Crippen LogP contribution in [0.1, 0.15) is 58.8 Å². The highest BCUT2D eigenvalue weighted by Gasteiger charge is 2.60. The van der Waals surface area contributed by atoms with Crippen LogP contribution in [0.5, 0.6) is 0 Å². The maximum Gasteiger partial charge on any atom is 0.337 e. The van der Waals surface area contributed by atoms with Crippen LogP contribution in [0.15, 0.2) is 0 Å². The summed E-state index contributed by atoms with van der Waals surface area (Å²) in [5.74, 6) is -4.81. The molecule has 4 N–H and O–H groups in total. The molecule has 122 valence electrons. The summed E-state index contributed by atoms with van der Waals surface area (Å²) in [4.78, 5) is 34.1. The van der Waals surface area contributed by atoms with Gasteiger partial charge in [0.05, 0.1) is 6.42 Å². The molecule has 0 radical (unpaired) electrons. The van der Waals surface area contributed by atoms with E-state index < -0.39 is 35.3 Å². The number of aliphatic hydroxyl groups is 1. The van der Waals surface area contributed by atoms with Gasteiger partial charge in [-0.15, -0.1) is 0 Å². The summed E-state index contributed by atoms with van der Waals surface area (Å²) in [6, 6.07) is 0. The van der Waals surface area contributed by atoms with Gasteiger partial charge in [-0.05, 0) is 12.8 Å². The number of hydrogen-bond donors (Lipinski definition) is 4. The van der Waals surface area contributed by atoms with Crippen molar-refractivity contribution in [2.24, 2.45) is 5.41 Å². The van der Waals surface area contributed by atoms with Crippen LogP contribution >= 0.6 is 0 Å². The van der Waals surface area contributed by atoms with Gasteiger partial charge in [-0.25, -0.2) is 4.79 Å². The molecule has 0 heterocycles. The van der Waals surface area contributed by atoms with Crippen molar-refractivity contribution in [1.29, 1.82) is 0 Å². The fourth-order valence-corrected chi connectivity index (χ4v) is 2.55. The van der Waals surface area contributed by atoms with Crippen LogP contribution in [0, 0.1) is 5.41 Å². The van der Waals surface area contributed by atoms with Crippen molar-refractivity contribution in [3.8, 4) is 0 Å². The third-order valence-electron chi connectivity index (χ3n) is 3.88. The number of carboxylic acids is 3. The van der Waals surface area contributed by atoms with Crippen LogP contribution in [0.4, 0.5) is 0 Å². The van der Waals surface area contributed by atoms with Crippen LogP contribution in [-0.2, 0) is 14.4 Å². The Morgan fingerprint density at radius 2 is 1.29 bits per heavy atom. The normalized spacial score (nSPS) is 14.4. The first-order valence-corrected chi connectivity index (χ1v) is 7.09. The number of aliphatic carboxylic acids is 3. The second-order valence-corrected chi connectivity index (χ2v) is 5.33. The summed E-state index contributed by atoms with van der Waals surface area (Å²) in [5.41, 5.74) is -4.82. The van der Waals surface area contributed by atoms with E-state index in [0.717, 1.165) is 0 Å². The molecule has 1 atom stereocenters. The van der Waals surface area contributed by atoms with Crippen LogP contribution in [0.3, 0.4) is 0 Å². The van der Waals surface area contributed by atoms with Crippen molar-refractivity contribution < 1.29 is 34.8 Å². The fourth-order valence-electron chi connectivity index (χ4n) is 2.55. The van der Waals surface area contributed by atoms with Gasteiger partial charge in [-0.2, -0.15) is 0 Å². The molecule has 0 spiro atoms. The largest absolute Gasteiger partial charge is 0.481 e. The Kier molecular flexibility index (Phi) is 7.35. The summed E-state index contributed by atoms with van der Waals surface area (Å²) in [6.07, 6.45) is 0.732. The standard InChI is InChI=1S/C14H24O7/c1-3-5-7-13(11(17)18,8-6-4-2)14(21,12(19)20)9-10(15)16/h21H,3-9H2,1-2H3,(H,15,16)(H,17,18)(H,19,20). The van der Waals surface area contributed by atoms with Gasteiger partial charge in [0.15, 0.2) is 5.60 Å². The van der Waals surface area contributed by atoms with E-state index in [1.165, 1.54) is 0 Å². The molecule has 0 amide bonds. The van der Waals surface area contributed by atoms with Gasteiger partial charge in [0.25, 0.3) is 0 Å². The second-order valence-electron chi connectivity index (χ2n) is 5.33. The van der Waals surface area contributed by atoms with E-state index in [1.54, 1.807) is 0 Å². The van der Waals surface area contributed by atoms with Crippen molar-refractivity contribution >= 4 is 17.9 Å². The van der Waals surface area contributed by atoms with Gasteiger partial charge in [-0.1, -0.05) is 39.5 Å². The van der Waals surface area contributed by atoms with Crippen molar-refractivity contribution in [2.75, 3.05) is 0 Å². The number of rotatable bonds is 11. The summed E-state index contributed by atoms with van der Waals surface area (Å²) < 4.78 is 0. The molecule has 0 aliphatic carbocycles. The smallest absolute Gasteiger partial charge is 0.337 e. The highest BCUT2D eigenvalue weighted by Crippen LogP contribution is 2.44. The van der Waals surface area contributed by atoms with Crippen LogP contribution in [0.2, 0.25) is 0 Å². The van der Waals surface area contributed by atoms with E-state index in [9.17, 15) is 29.7 Å². The zero-order chi connectivity index (χ0) is 16.7. The molecule has 0 saturated heterocycles. The monoisotopic (exact) mass is 304 g/mol. The first kappa shape index (κ1) is 19.4. The first-order valence-electron chi connectivity index (χ1n) is 7.09. The van der Waals surface area contributed by atoms with Gasteiger partial charge in [0.2, 0.25) is 0 Å². The summed E-state index contributed by atoms with van der Waals surface area (Å²) in [7, 11) is 0. The third kappa shape index (κ3) is 4.17. The Morgan fingerprint density at radius 1 is 0.857 bits per heavy atom. The van der Waals surface area contributed by atoms with E-state index in [1.807, 2.05) is 13.8 Å². The Hall–Kier alpha value is -1.63. The number of unbranched alkanes of at least 4 members (excludes halogenated alkanes) is 2. The van der Waals surface area contributed by atoms with Crippen molar-refractivity contribution in [3.05, 3.63) is 0 Å². The lowest BCUT2D eigenvalue weighted by Crippen LogP contribution is -2.59. The second kappa shape index (κ2) is 7.97. The maximum absolute atomic E-state index is 11.7. The maximum atomic E-state index is 11.7. The lowest BCUT2D eigenvalue weighted by Gasteiger charge is -2.41. The molecule has 0 aromatic heterocycles. The van der Waals surface area contributed by atoms with E-state index in [0.29, 0.717) is 25.7 Å². The van der Waals surface area contributed by atoms with Gasteiger partial charge in [0.1, 0.15) is 5.41 Å². The van der Waals surface area contributed by atoms with Gasteiger partial charge in [0, 0.05) is 0 Å². The molecule has 7 heteroatoms. The molecule has 7 nitrogen and oxygen atoms in total. The number of carboxylic acid groups (broad SMARTS) is 3. The predicted molar refractivity (Wildman–Crippen MR) is 74.0 cm³/mol. The molecule has 0 aromatic rings. The molecule has 0 saturated carbocycles. The Labute approximate surface area is 123 Å². The minimum atomic E-state index is -2.82. The van der Waals surface area contributed by atoms with E-state index in [-0.39, 0.29) is 12.8 Å². The highest BCUT2D eigenvalue weighted by atomic mass is 16.4. The average Bonchev–Trinajstić information content (AvgIpc) is 2.37. The van der Waals surface area contributed by atoms with Crippen LogP contribution < -0.4 is 0 Å². The highest BCUT2D eigenvalue weighted by molar-refractivity contribution is 5.92. The lowest BCUT2D eigenvalue weighted by molar-refractivity contribution is -0.196. The topological polar surface area (TPSA) is 132 Å². The predicted octanol–water partition coefficient (Wildman–Crippen LogP) is 1.73. The first-order chi connectivity index (χ1) is 9.67. The average molecular weight is 304 g/mol. The number of hydrogen-bond acceptors (Lipinski definition) is 4. The van der Waals surface area contributed by atoms with Gasteiger partial charge >= 0.3 is 17.9 Å². The Balaban J connectivity index is 5.91. The molecular formula is C14H24O7. The molecule has 0 aromatic carbocycles. The fraction of sp³-hybridized carbons (Fsp3) is 0.786. The van der Waals surface area contributed by atoms with E-state index >= 15 is 0 Å². The molecule has 0 aliphatic rings. The molecule has 21 heavy (non-hydrogen) atoms. The molecule has 0 fully saturated rings. The Bertz CT molecular complexity index is 383. The molecule has 1 unspecified atom stereocenters. The molecule has 0 rings (SSSR count). The minimum Gasteiger partial charge on any atom is -0.481 e. The lowest BCUT2D eigenvalue weighted by atomic mass is 9.64. The zero-order valence-electron chi connectivity index (χ0n) is 12.5. The van der Waals surface area contributed by atoms with Crippen molar-refractivity contribution in [2.45, 2.75) is 64.4 Å². The zero-order valence-corrected chi connectivity index (χ0v) is 12.5. The van der Waals surface area contributed by atoms with Crippen LogP contribution in [-0.4, -0.2) is 43.9 Å². The molecule has 0 bridgehead atoms. The Morgan fingerprint density at radius 3 is 1.52 bits per heavy atom. The SMILES string of the molecule is CCCCC(CCCC)(C(=O)O)C(O)(CC(=O)O)C(=O)O. The van der Waals surface area contributed by atoms with Crippen LogP contribution in [0.25, 0.3) is 0 Å². The van der Waals surface area contributed by atoms with Crippen molar-refractivity contribution in [1.82, 2.24) is 0 Å². The van der Waals surface area contributed by atoms with E-state index in [2.05, 4.69) is 0 Å². The minimum absolute atomic E-state index is 0.0745. The van der Waals surface area contributed by atoms with Gasteiger partial charge < -0.3 is 20.4 Å². The number of carbonyl (C=O) groups is 3. The third-order valence-corrected chi connectivity index (χ3v) is 3.88. The van der Waals surface area contributed by atoms with Gasteiger partial charge in [-0.3, -0.25) is 9.59 Å².